The van der Waals surface area contributed by atoms with Crippen molar-refractivity contribution in [2.45, 2.75) is 46.6 Å². The van der Waals surface area contributed by atoms with Gasteiger partial charge in [-0.25, -0.2) is 4.79 Å². The minimum atomic E-state index is -0.542. The van der Waals surface area contributed by atoms with Gasteiger partial charge in [0, 0.05) is 39.3 Å². The van der Waals surface area contributed by atoms with Crippen LogP contribution in [-0.2, 0) is 4.79 Å². The van der Waals surface area contributed by atoms with Gasteiger partial charge in [0.15, 0.2) is 6.10 Å². The van der Waals surface area contributed by atoms with Crippen molar-refractivity contribution < 1.29 is 14.3 Å². The van der Waals surface area contributed by atoms with E-state index in [9.17, 15) is 9.59 Å². The van der Waals surface area contributed by atoms with Gasteiger partial charge < -0.3 is 19.4 Å². The van der Waals surface area contributed by atoms with Crippen molar-refractivity contribution in [3.63, 3.8) is 0 Å². The third-order valence-electron chi connectivity index (χ3n) is 5.10. The van der Waals surface area contributed by atoms with Crippen molar-refractivity contribution in [3.05, 3.63) is 29.8 Å². The summed E-state index contributed by atoms with van der Waals surface area (Å²) in [5.41, 5.74) is 1.25. The third kappa shape index (κ3) is 5.37. The quantitative estimate of drug-likeness (QED) is 0.767. The van der Waals surface area contributed by atoms with Gasteiger partial charge in [-0.3, -0.25) is 4.79 Å². The molecule has 0 aliphatic carbocycles. The van der Waals surface area contributed by atoms with E-state index in [1.165, 1.54) is 5.56 Å². The summed E-state index contributed by atoms with van der Waals surface area (Å²) in [5.74, 6) is 1.14. The third-order valence-corrected chi connectivity index (χ3v) is 5.10. The Morgan fingerprint density at radius 3 is 1.96 bits per heavy atom. The molecule has 1 saturated heterocycles. The van der Waals surface area contributed by atoms with E-state index in [0.717, 1.165) is 0 Å². The maximum atomic E-state index is 12.7. The van der Waals surface area contributed by atoms with Crippen molar-refractivity contribution in [2.24, 2.45) is 0 Å². The van der Waals surface area contributed by atoms with Gasteiger partial charge in [-0.2, -0.15) is 0 Å². The van der Waals surface area contributed by atoms with Gasteiger partial charge >= 0.3 is 6.03 Å². The molecule has 6 heteroatoms. The van der Waals surface area contributed by atoms with Crippen molar-refractivity contribution in [1.82, 2.24) is 14.7 Å². The van der Waals surface area contributed by atoms with Crippen LogP contribution in [0, 0.1) is 0 Å². The van der Waals surface area contributed by atoms with E-state index < -0.39 is 6.10 Å². The molecule has 1 fully saturated rings. The molecule has 3 amide bonds. The first kappa shape index (κ1) is 21.1. The fraction of sp³-hybridized carbons (Fsp3) is 0.619. The number of carbonyl (C=O) groups excluding carboxylic acids is 2. The number of benzene rings is 1. The van der Waals surface area contributed by atoms with Crippen LogP contribution in [-0.4, -0.2) is 72.0 Å². The zero-order valence-corrected chi connectivity index (χ0v) is 17.3. The van der Waals surface area contributed by atoms with Crippen LogP contribution in [0.5, 0.6) is 5.75 Å². The molecule has 0 saturated carbocycles. The van der Waals surface area contributed by atoms with Crippen LogP contribution < -0.4 is 4.74 Å². The molecule has 0 aromatic heterocycles. The number of urea groups is 1. The summed E-state index contributed by atoms with van der Waals surface area (Å²) >= 11 is 0. The second-order valence-electron chi connectivity index (χ2n) is 7.25. The summed E-state index contributed by atoms with van der Waals surface area (Å²) in [4.78, 5) is 30.5. The summed E-state index contributed by atoms with van der Waals surface area (Å²) < 4.78 is 5.83. The van der Waals surface area contributed by atoms with Crippen molar-refractivity contribution in [2.75, 3.05) is 39.3 Å². The minimum absolute atomic E-state index is 0.0297. The fourth-order valence-corrected chi connectivity index (χ4v) is 3.26. The lowest BCUT2D eigenvalue weighted by Crippen LogP contribution is -2.55. The Morgan fingerprint density at radius 2 is 1.48 bits per heavy atom. The monoisotopic (exact) mass is 375 g/mol. The number of ether oxygens (including phenoxy) is 1. The largest absolute Gasteiger partial charge is 0.481 e. The molecule has 1 aliphatic rings. The molecule has 0 N–H and O–H groups in total. The Labute approximate surface area is 163 Å². The van der Waals surface area contributed by atoms with Crippen LogP contribution >= 0.6 is 0 Å². The van der Waals surface area contributed by atoms with E-state index in [-0.39, 0.29) is 11.9 Å². The van der Waals surface area contributed by atoms with E-state index in [4.69, 9.17) is 4.74 Å². The zero-order chi connectivity index (χ0) is 20.0. The predicted octanol–water partition coefficient (Wildman–Crippen LogP) is 3.18. The molecule has 0 spiro atoms. The Hall–Kier alpha value is -2.24. The highest BCUT2D eigenvalue weighted by Crippen LogP contribution is 2.20. The van der Waals surface area contributed by atoms with Crippen LogP contribution in [0.2, 0.25) is 0 Å². The highest BCUT2D eigenvalue weighted by molar-refractivity contribution is 5.81. The maximum absolute atomic E-state index is 12.7. The molecule has 2 rings (SSSR count). The molecule has 1 unspecified atom stereocenters. The fourth-order valence-electron chi connectivity index (χ4n) is 3.26. The van der Waals surface area contributed by atoms with E-state index in [0.29, 0.717) is 50.9 Å². The molecule has 1 aromatic carbocycles. The highest BCUT2D eigenvalue weighted by Gasteiger charge is 2.29. The van der Waals surface area contributed by atoms with Crippen molar-refractivity contribution >= 4 is 11.9 Å². The summed E-state index contributed by atoms with van der Waals surface area (Å²) in [5, 5.41) is 0. The maximum Gasteiger partial charge on any atom is 0.320 e. The average molecular weight is 376 g/mol. The lowest BCUT2D eigenvalue weighted by atomic mass is 10.0. The first-order valence-corrected chi connectivity index (χ1v) is 9.96. The molecule has 1 aromatic rings. The molecular formula is C21H33N3O3. The molecule has 0 bridgehead atoms. The van der Waals surface area contributed by atoms with Crippen LogP contribution in [0.4, 0.5) is 4.79 Å². The lowest BCUT2D eigenvalue weighted by Gasteiger charge is -2.37. The number of piperazine rings is 1. The SMILES string of the molecule is CCN(CC)C(=O)N1CCN(C(=O)C(C)Oc2ccc(C(C)C)cc2)CC1. The van der Waals surface area contributed by atoms with Crippen LogP contribution in [0.15, 0.2) is 24.3 Å². The Bertz CT molecular complexity index is 618. The number of amides is 3. The van der Waals surface area contributed by atoms with Crippen LogP contribution in [0.25, 0.3) is 0 Å². The number of hydrogen-bond donors (Lipinski definition) is 0. The van der Waals surface area contributed by atoms with Gasteiger partial charge in [0.2, 0.25) is 0 Å². The molecular weight excluding hydrogens is 342 g/mol. The van der Waals surface area contributed by atoms with Gasteiger partial charge in [-0.05, 0) is 44.4 Å². The summed E-state index contributed by atoms with van der Waals surface area (Å²) in [7, 11) is 0. The molecule has 1 atom stereocenters. The Balaban J connectivity index is 1.86. The number of carbonyl (C=O) groups is 2. The Kier molecular flexibility index (Phi) is 7.51. The van der Waals surface area contributed by atoms with E-state index in [2.05, 4.69) is 13.8 Å². The van der Waals surface area contributed by atoms with Gasteiger partial charge in [0.25, 0.3) is 5.91 Å². The number of nitrogens with zero attached hydrogens (tertiary/aromatic N) is 3. The topological polar surface area (TPSA) is 53.1 Å². The summed E-state index contributed by atoms with van der Waals surface area (Å²) in [6, 6.07) is 7.96. The van der Waals surface area contributed by atoms with Crippen LogP contribution in [0.1, 0.15) is 46.1 Å². The second kappa shape index (κ2) is 9.62. The normalized spacial score (nSPS) is 15.6. The van der Waals surface area contributed by atoms with Gasteiger partial charge in [0.1, 0.15) is 5.75 Å². The van der Waals surface area contributed by atoms with Crippen molar-refractivity contribution in [3.8, 4) is 5.75 Å². The molecule has 27 heavy (non-hydrogen) atoms. The molecule has 1 aliphatic heterocycles. The lowest BCUT2D eigenvalue weighted by molar-refractivity contribution is -0.139. The highest BCUT2D eigenvalue weighted by atomic mass is 16.5. The van der Waals surface area contributed by atoms with E-state index >= 15 is 0 Å². The first-order chi connectivity index (χ1) is 12.9. The van der Waals surface area contributed by atoms with Gasteiger partial charge in [-0.15, -0.1) is 0 Å². The second-order valence-corrected chi connectivity index (χ2v) is 7.25. The average Bonchev–Trinajstić information content (AvgIpc) is 2.68. The Morgan fingerprint density at radius 1 is 0.963 bits per heavy atom. The number of rotatable bonds is 6. The van der Waals surface area contributed by atoms with Gasteiger partial charge in [-0.1, -0.05) is 26.0 Å². The van der Waals surface area contributed by atoms with Gasteiger partial charge in [0.05, 0.1) is 0 Å². The first-order valence-electron chi connectivity index (χ1n) is 9.96. The smallest absolute Gasteiger partial charge is 0.320 e. The standard InChI is InChI=1S/C21H33N3O3/c1-6-22(7-2)21(26)24-14-12-23(13-15-24)20(25)17(5)27-19-10-8-18(9-11-19)16(3)4/h8-11,16-17H,6-7,12-15H2,1-5H3. The zero-order valence-electron chi connectivity index (χ0n) is 17.3. The molecule has 0 radical (unpaired) electrons. The minimum Gasteiger partial charge on any atom is -0.481 e. The van der Waals surface area contributed by atoms with E-state index in [1.807, 2.05) is 47.9 Å². The predicted molar refractivity (Wildman–Crippen MR) is 107 cm³/mol. The molecule has 6 nitrogen and oxygen atoms in total. The summed E-state index contributed by atoms with van der Waals surface area (Å²) in [6.45, 7) is 13.7. The molecule has 1 heterocycles. The van der Waals surface area contributed by atoms with E-state index in [1.54, 1.807) is 11.8 Å². The number of hydrogen-bond acceptors (Lipinski definition) is 3. The van der Waals surface area contributed by atoms with Crippen LogP contribution in [0.3, 0.4) is 0 Å². The molecule has 150 valence electrons. The summed E-state index contributed by atoms with van der Waals surface area (Å²) in [6.07, 6.45) is -0.542. The van der Waals surface area contributed by atoms with Crippen molar-refractivity contribution in [1.29, 1.82) is 0 Å².